The van der Waals surface area contributed by atoms with Crippen molar-refractivity contribution in [3.05, 3.63) is 65.7 Å². The molecular weight excluding hydrogens is 312 g/mol. The molecule has 0 aliphatic carbocycles. The molecule has 25 heavy (non-hydrogen) atoms. The number of aryl methyl sites for hydroxylation is 1. The predicted octanol–water partition coefficient (Wildman–Crippen LogP) is 2.27. The van der Waals surface area contributed by atoms with E-state index >= 15 is 0 Å². The van der Waals surface area contributed by atoms with Crippen molar-refractivity contribution in [2.24, 2.45) is 5.10 Å². The monoisotopic (exact) mass is 336 g/mol. The summed E-state index contributed by atoms with van der Waals surface area (Å²) < 4.78 is 0. The van der Waals surface area contributed by atoms with Crippen molar-refractivity contribution in [1.29, 1.82) is 0 Å². The number of rotatable bonds is 5. The molecule has 1 saturated heterocycles. The molecule has 130 valence electrons. The van der Waals surface area contributed by atoms with E-state index in [1.165, 1.54) is 11.3 Å². The highest BCUT2D eigenvalue weighted by Gasteiger charge is 2.19. The molecule has 0 bridgehead atoms. The van der Waals surface area contributed by atoms with Crippen molar-refractivity contribution >= 4 is 17.8 Å². The van der Waals surface area contributed by atoms with Crippen LogP contribution in [0, 0.1) is 6.92 Å². The SMILES string of the molecule is Cc1cccc(N2CCN(CC(=O)N/N=C/c3ccccc3)CC2)c1. The van der Waals surface area contributed by atoms with E-state index in [0.29, 0.717) is 6.54 Å². The van der Waals surface area contributed by atoms with E-state index in [9.17, 15) is 4.79 Å². The van der Waals surface area contributed by atoms with Gasteiger partial charge in [-0.25, -0.2) is 5.43 Å². The molecule has 5 nitrogen and oxygen atoms in total. The van der Waals surface area contributed by atoms with Gasteiger partial charge in [0.2, 0.25) is 0 Å². The van der Waals surface area contributed by atoms with E-state index in [1.54, 1.807) is 6.21 Å². The Morgan fingerprint density at radius 3 is 2.56 bits per heavy atom. The Morgan fingerprint density at radius 1 is 1.08 bits per heavy atom. The van der Waals surface area contributed by atoms with Crippen molar-refractivity contribution in [1.82, 2.24) is 10.3 Å². The molecule has 1 fully saturated rings. The van der Waals surface area contributed by atoms with Crippen molar-refractivity contribution in [3.63, 3.8) is 0 Å². The van der Waals surface area contributed by atoms with E-state index in [-0.39, 0.29) is 5.91 Å². The summed E-state index contributed by atoms with van der Waals surface area (Å²) in [6.07, 6.45) is 1.66. The van der Waals surface area contributed by atoms with Crippen LogP contribution in [0.1, 0.15) is 11.1 Å². The summed E-state index contributed by atoms with van der Waals surface area (Å²) in [6.45, 7) is 6.12. The van der Waals surface area contributed by atoms with Crippen LogP contribution in [0.4, 0.5) is 5.69 Å². The van der Waals surface area contributed by atoms with Crippen molar-refractivity contribution in [3.8, 4) is 0 Å². The highest BCUT2D eigenvalue weighted by atomic mass is 16.2. The highest BCUT2D eigenvalue weighted by Crippen LogP contribution is 2.17. The summed E-state index contributed by atoms with van der Waals surface area (Å²) in [7, 11) is 0. The smallest absolute Gasteiger partial charge is 0.254 e. The molecule has 0 radical (unpaired) electrons. The average Bonchev–Trinajstić information content (AvgIpc) is 2.63. The van der Waals surface area contributed by atoms with Crippen LogP contribution in [0.15, 0.2) is 59.7 Å². The van der Waals surface area contributed by atoms with Crippen LogP contribution >= 0.6 is 0 Å². The number of amides is 1. The fraction of sp³-hybridized carbons (Fsp3) is 0.300. The van der Waals surface area contributed by atoms with Gasteiger partial charge in [-0.05, 0) is 30.2 Å². The molecule has 1 aliphatic heterocycles. The molecule has 0 aromatic heterocycles. The van der Waals surface area contributed by atoms with Crippen LogP contribution in [-0.2, 0) is 4.79 Å². The lowest BCUT2D eigenvalue weighted by Gasteiger charge is -2.35. The second kappa shape index (κ2) is 8.44. The maximum absolute atomic E-state index is 12.0. The fourth-order valence-electron chi connectivity index (χ4n) is 2.95. The summed E-state index contributed by atoms with van der Waals surface area (Å²) in [5.74, 6) is -0.0730. The van der Waals surface area contributed by atoms with Crippen LogP contribution in [0.2, 0.25) is 0 Å². The molecule has 1 N–H and O–H groups in total. The zero-order valence-electron chi connectivity index (χ0n) is 14.6. The first-order valence-electron chi connectivity index (χ1n) is 8.61. The average molecular weight is 336 g/mol. The van der Waals surface area contributed by atoms with E-state index in [4.69, 9.17) is 0 Å². The molecule has 2 aromatic carbocycles. The third-order valence-electron chi connectivity index (χ3n) is 4.31. The summed E-state index contributed by atoms with van der Waals surface area (Å²) in [6, 6.07) is 18.3. The second-order valence-electron chi connectivity index (χ2n) is 6.31. The normalized spacial score (nSPS) is 15.5. The Kier molecular flexibility index (Phi) is 5.80. The minimum Gasteiger partial charge on any atom is -0.369 e. The van der Waals surface area contributed by atoms with Crippen molar-refractivity contribution in [2.45, 2.75) is 6.92 Å². The van der Waals surface area contributed by atoms with Crippen LogP contribution in [0.3, 0.4) is 0 Å². The topological polar surface area (TPSA) is 47.9 Å². The Morgan fingerprint density at radius 2 is 1.84 bits per heavy atom. The first-order valence-corrected chi connectivity index (χ1v) is 8.61. The maximum Gasteiger partial charge on any atom is 0.254 e. The number of carbonyl (C=O) groups excluding carboxylic acids is 1. The molecule has 0 unspecified atom stereocenters. The summed E-state index contributed by atoms with van der Waals surface area (Å²) in [5.41, 5.74) is 6.11. The Bertz CT molecular complexity index is 721. The predicted molar refractivity (Wildman–Crippen MR) is 102 cm³/mol. The quantitative estimate of drug-likeness (QED) is 0.673. The van der Waals surface area contributed by atoms with Gasteiger partial charge < -0.3 is 4.90 Å². The fourth-order valence-corrected chi connectivity index (χ4v) is 2.95. The van der Waals surface area contributed by atoms with Gasteiger partial charge in [-0.3, -0.25) is 9.69 Å². The molecule has 0 atom stereocenters. The van der Waals surface area contributed by atoms with E-state index in [0.717, 1.165) is 31.7 Å². The second-order valence-corrected chi connectivity index (χ2v) is 6.31. The van der Waals surface area contributed by atoms with Gasteiger partial charge in [-0.1, -0.05) is 42.5 Å². The molecule has 2 aromatic rings. The molecule has 0 spiro atoms. The number of nitrogens with one attached hydrogen (secondary N) is 1. The molecule has 3 rings (SSSR count). The summed E-state index contributed by atoms with van der Waals surface area (Å²) in [4.78, 5) is 16.6. The summed E-state index contributed by atoms with van der Waals surface area (Å²) >= 11 is 0. The standard InChI is InChI=1S/C20H24N4O/c1-17-6-5-9-19(14-17)24-12-10-23(11-13-24)16-20(25)22-21-15-18-7-3-2-4-8-18/h2-9,14-15H,10-13,16H2,1H3,(H,22,25)/b21-15+. The summed E-state index contributed by atoms with van der Waals surface area (Å²) in [5, 5.41) is 4.02. The number of hydrazone groups is 1. The van der Waals surface area contributed by atoms with Crippen LogP contribution in [0.25, 0.3) is 0 Å². The molecular formula is C20H24N4O. The first kappa shape index (κ1) is 17.2. The van der Waals surface area contributed by atoms with Crippen LogP contribution in [0.5, 0.6) is 0 Å². The zero-order chi connectivity index (χ0) is 17.5. The minimum atomic E-state index is -0.0730. The number of piperazine rings is 1. The van der Waals surface area contributed by atoms with Crippen molar-refractivity contribution < 1.29 is 4.79 Å². The Labute approximate surface area is 148 Å². The van der Waals surface area contributed by atoms with Gasteiger partial charge in [-0.15, -0.1) is 0 Å². The molecule has 1 heterocycles. The molecule has 1 aliphatic rings. The molecule has 5 heteroatoms. The third-order valence-corrected chi connectivity index (χ3v) is 4.31. The van der Waals surface area contributed by atoms with Gasteiger partial charge in [0, 0.05) is 31.9 Å². The van der Waals surface area contributed by atoms with Gasteiger partial charge in [0.25, 0.3) is 5.91 Å². The Balaban J connectivity index is 1.42. The van der Waals surface area contributed by atoms with E-state index in [2.05, 4.69) is 51.5 Å². The van der Waals surface area contributed by atoms with E-state index in [1.807, 2.05) is 30.3 Å². The number of carbonyl (C=O) groups is 1. The Hall–Kier alpha value is -2.66. The van der Waals surface area contributed by atoms with E-state index < -0.39 is 0 Å². The number of hydrogen-bond acceptors (Lipinski definition) is 4. The highest BCUT2D eigenvalue weighted by molar-refractivity contribution is 5.83. The van der Waals surface area contributed by atoms with Gasteiger partial charge in [0.1, 0.15) is 0 Å². The first-order chi connectivity index (χ1) is 12.2. The molecule has 1 amide bonds. The lowest BCUT2D eigenvalue weighted by molar-refractivity contribution is -0.122. The van der Waals surface area contributed by atoms with Gasteiger partial charge in [0.05, 0.1) is 12.8 Å². The van der Waals surface area contributed by atoms with Crippen molar-refractivity contribution in [2.75, 3.05) is 37.6 Å². The maximum atomic E-state index is 12.0. The van der Waals surface area contributed by atoms with Crippen LogP contribution < -0.4 is 10.3 Å². The van der Waals surface area contributed by atoms with Gasteiger partial charge >= 0.3 is 0 Å². The number of anilines is 1. The number of nitrogens with zero attached hydrogens (tertiary/aromatic N) is 3. The number of hydrogen-bond donors (Lipinski definition) is 1. The lowest BCUT2D eigenvalue weighted by Crippen LogP contribution is -2.49. The van der Waals surface area contributed by atoms with Gasteiger partial charge in [0.15, 0.2) is 0 Å². The van der Waals surface area contributed by atoms with Crippen LogP contribution in [-0.4, -0.2) is 49.7 Å². The minimum absolute atomic E-state index is 0.0730. The zero-order valence-corrected chi connectivity index (χ0v) is 14.6. The largest absolute Gasteiger partial charge is 0.369 e. The molecule has 0 saturated carbocycles. The lowest BCUT2D eigenvalue weighted by atomic mass is 10.2. The number of benzene rings is 2. The third kappa shape index (κ3) is 5.16. The van der Waals surface area contributed by atoms with Gasteiger partial charge in [-0.2, -0.15) is 5.10 Å².